The van der Waals surface area contributed by atoms with Crippen molar-refractivity contribution in [2.75, 3.05) is 24.3 Å². The number of thiazole rings is 1. The van der Waals surface area contributed by atoms with Gasteiger partial charge in [0.2, 0.25) is 5.82 Å². The van der Waals surface area contributed by atoms with E-state index in [-0.39, 0.29) is 74.9 Å². The fraction of sp³-hybridized carbons (Fsp3) is 0.286. The summed E-state index contributed by atoms with van der Waals surface area (Å²) in [6.45, 7) is 1.74. The molecule has 0 aliphatic carbocycles. The van der Waals surface area contributed by atoms with E-state index in [0.29, 0.717) is 16.3 Å². The first-order valence-electron chi connectivity index (χ1n) is 11.3. The van der Waals surface area contributed by atoms with Crippen LogP contribution in [-0.2, 0) is 19.2 Å². The minimum atomic E-state index is -1.27. The number of amides is 3. The number of aliphatic carboxylic acids is 1. The third-order valence-electron chi connectivity index (χ3n) is 5.72. The first-order chi connectivity index (χ1) is 19.1. The van der Waals surface area contributed by atoms with Gasteiger partial charge in [0.15, 0.2) is 10.8 Å². The number of β-lactam (4-membered cyclic amide) rings is 1. The van der Waals surface area contributed by atoms with E-state index >= 15 is 0 Å². The van der Waals surface area contributed by atoms with Crippen molar-refractivity contribution in [3.05, 3.63) is 39.9 Å². The summed E-state index contributed by atoms with van der Waals surface area (Å²) in [5.74, 6) is -2.91. The van der Waals surface area contributed by atoms with Crippen LogP contribution in [0.1, 0.15) is 22.0 Å². The summed E-state index contributed by atoms with van der Waals surface area (Å²) in [6, 6.07) is 0.732. The van der Waals surface area contributed by atoms with Gasteiger partial charge in [0.1, 0.15) is 34.9 Å². The van der Waals surface area contributed by atoms with E-state index in [4.69, 9.17) is 16.3 Å². The molecule has 5 rings (SSSR count). The molecule has 0 unspecified atom stereocenters. The second-order valence-electron chi connectivity index (χ2n) is 8.35. The van der Waals surface area contributed by atoms with Crippen molar-refractivity contribution in [3.8, 4) is 0 Å². The number of nitrogens with two attached hydrogens (primary N) is 2. The van der Waals surface area contributed by atoms with Gasteiger partial charge in [0, 0.05) is 22.6 Å². The number of aryl methyl sites for hydroxylation is 1. The number of aromatic nitrogens is 5. The van der Waals surface area contributed by atoms with Crippen LogP contribution >= 0.6 is 34.9 Å². The second kappa shape index (κ2) is 12.3. The zero-order chi connectivity index (χ0) is 28.7. The molecular formula is C21H21N10NaO6S3. The number of thioether (sulfide) groups is 2. The molecule has 3 amide bonds. The van der Waals surface area contributed by atoms with E-state index in [0.717, 1.165) is 11.3 Å². The molecule has 2 atom stereocenters. The Labute approximate surface area is 265 Å². The molecule has 1 saturated heterocycles. The number of nitrogens with zero attached hydrogens (tertiary/aromatic N) is 7. The number of nitrogen functional groups attached to an aromatic ring is 1. The van der Waals surface area contributed by atoms with E-state index in [9.17, 15) is 24.3 Å². The molecule has 3 aromatic rings. The monoisotopic (exact) mass is 628 g/mol. The molecule has 41 heavy (non-hydrogen) atoms. The zero-order valence-electron chi connectivity index (χ0n) is 20.7. The Morgan fingerprint density at radius 2 is 2.07 bits per heavy atom. The third-order valence-corrected chi connectivity index (χ3v) is 8.81. The Balaban J connectivity index is 0.00000387. The van der Waals surface area contributed by atoms with Gasteiger partial charge in [-0.1, -0.05) is 5.16 Å². The van der Waals surface area contributed by atoms with Gasteiger partial charge < -0.3 is 26.7 Å². The van der Waals surface area contributed by atoms with Crippen molar-refractivity contribution >= 4 is 105 Å². The number of carbonyl (C=O) groups excluding carboxylic acids is 3. The molecule has 2 aliphatic heterocycles. The number of carboxylic acids is 1. The molecule has 3 aromatic heterocycles. The summed E-state index contributed by atoms with van der Waals surface area (Å²) in [5, 5.41) is 22.1. The van der Waals surface area contributed by atoms with Gasteiger partial charge >= 0.3 is 35.5 Å². The van der Waals surface area contributed by atoms with Crippen molar-refractivity contribution < 1.29 is 29.1 Å². The van der Waals surface area contributed by atoms with Crippen LogP contribution in [-0.4, -0.2) is 124 Å². The Morgan fingerprint density at radius 3 is 2.71 bits per heavy atom. The molecule has 5 heterocycles. The van der Waals surface area contributed by atoms with Crippen molar-refractivity contribution in [2.24, 2.45) is 10.9 Å². The third kappa shape index (κ3) is 5.90. The number of carbonyl (C=O) groups is 4. The molecule has 1 fully saturated rings. The van der Waals surface area contributed by atoms with Gasteiger partial charge in [-0.2, -0.15) is 9.50 Å². The van der Waals surface area contributed by atoms with Gasteiger partial charge in [-0.3, -0.25) is 19.3 Å². The average molecular weight is 629 g/mol. The second-order valence-corrected chi connectivity index (χ2v) is 11.3. The summed E-state index contributed by atoms with van der Waals surface area (Å²) in [4.78, 5) is 68.0. The number of carboxylic acid groups (broad SMARTS) is 1. The average Bonchev–Trinajstić information content (AvgIpc) is 3.54. The molecule has 0 spiro atoms. The summed E-state index contributed by atoms with van der Waals surface area (Å²) >= 11 is 3.67. The van der Waals surface area contributed by atoms with Gasteiger partial charge in [0.25, 0.3) is 23.5 Å². The van der Waals surface area contributed by atoms with Crippen molar-refractivity contribution in [3.63, 3.8) is 0 Å². The zero-order valence-corrected chi connectivity index (χ0v) is 23.2. The van der Waals surface area contributed by atoms with E-state index in [1.54, 1.807) is 13.0 Å². The Kier molecular flexibility index (Phi) is 9.24. The van der Waals surface area contributed by atoms with Crippen molar-refractivity contribution in [1.29, 1.82) is 0 Å². The molecule has 0 bridgehead atoms. The van der Waals surface area contributed by atoms with Crippen molar-refractivity contribution in [1.82, 2.24) is 34.8 Å². The van der Waals surface area contributed by atoms with Gasteiger partial charge in [-0.25, -0.2) is 14.8 Å². The van der Waals surface area contributed by atoms with Crippen LogP contribution in [0.15, 0.2) is 32.9 Å². The Morgan fingerprint density at radius 1 is 1.32 bits per heavy atom. The number of primary amides is 1. The van der Waals surface area contributed by atoms with Crippen molar-refractivity contribution in [2.45, 2.75) is 23.4 Å². The minimum absolute atomic E-state index is 0. The molecule has 2 aliphatic rings. The summed E-state index contributed by atoms with van der Waals surface area (Å²) in [5.41, 5.74) is 11.9. The molecule has 0 aromatic carbocycles. The number of hydrogen-bond acceptors (Lipinski definition) is 14. The number of rotatable bonds is 9. The number of anilines is 1. The summed E-state index contributed by atoms with van der Waals surface area (Å²) in [6.07, 6.45) is 0. The predicted molar refractivity (Wildman–Crippen MR) is 152 cm³/mol. The topological polar surface area (TPSA) is 233 Å². The predicted octanol–water partition coefficient (Wildman–Crippen LogP) is -1.20. The fourth-order valence-electron chi connectivity index (χ4n) is 4.02. The number of nitrogens with one attached hydrogen (secondary N) is 1. The van der Waals surface area contributed by atoms with Gasteiger partial charge in [-0.15, -0.1) is 40.0 Å². The molecule has 6 N–H and O–H groups in total. The summed E-state index contributed by atoms with van der Waals surface area (Å²) < 4.78 is 1.35. The molecule has 16 nitrogen and oxygen atoms in total. The van der Waals surface area contributed by atoms with Crippen LogP contribution < -0.4 is 16.8 Å². The molecule has 0 radical (unpaired) electrons. The maximum atomic E-state index is 13.1. The van der Waals surface area contributed by atoms with Gasteiger partial charge in [-0.05, 0) is 18.6 Å². The van der Waals surface area contributed by atoms with E-state index in [2.05, 4.69) is 30.5 Å². The van der Waals surface area contributed by atoms with Crippen LogP contribution in [0.4, 0.5) is 5.13 Å². The Hall–Kier alpha value is -3.23. The number of fused-ring (bicyclic) bond motifs is 2. The SMILES string of the molecule is CO/N=C(\C(=O)N[C@@H]1C(=O)N2C(C(=O)O)=C(CSc3cc(C)nc4nc(C(N)=O)nn34)CS[C@H]12)c1csc(N)n1.[NaH]. The first-order valence-corrected chi connectivity index (χ1v) is 14.2. The van der Waals surface area contributed by atoms with E-state index < -0.39 is 35.1 Å². The standard InChI is InChI=1S/C21H20N10O6S3.Na.H/c1-7-3-10(31-21(24-7)27-15(28-31)14(22)32)38-4-8-5-39-18-12(17(34)30(18)13(8)19(35)36)26-16(33)11(29-37-2)9-6-40-20(23)25-9;;/h3,6,12,18H,4-5H2,1-2H3,(H2,22,32)(H2,23,25)(H,26,33)(H,35,36);;/b29-11-;;/t12-,18-;;/m1../s1. The first kappa shape index (κ1) is 30.7. The number of oxime groups is 1. The summed E-state index contributed by atoms with van der Waals surface area (Å²) in [7, 11) is 1.26. The van der Waals surface area contributed by atoms with E-state index in [1.165, 1.54) is 45.4 Å². The van der Waals surface area contributed by atoms with Crippen LogP contribution in [0.3, 0.4) is 0 Å². The van der Waals surface area contributed by atoms with Crippen LogP contribution in [0, 0.1) is 6.92 Å². The normalized spacial score (nSPS) is 18.4. The molecule has 210 valence electrons. The fourth-order valence-corrected chi connectivity index (χ4v) is 7.10. The quantitative estimate of drug-likeness (QED) is 0.0545. The molecule has 20 heteroatoms. The molecule has 0 saturated carbocycles. The van der Waals surface area contributed by atoms with Crippen LogP contribution in [0.25, 0.3) is 5.78 Å². The Bertz CT molecular complexity index is 1640. The van der Waals surface area contributed by atoms with E-state index in [1.807, 2.05) is 0 Å². The van der Waals surface area contributed by atoms with Crippen LogP contribution in [0.2, 0.25) is 0 Å². The van der Waals surface area contributed by atoms with Crippen LogP contribution in [0.5, 0.6) is 0 Å². The van der Waals surface area contributed by atoms with Gasteiger partial charge in [0.05, 0.1) is 0 Å². The maximum absolute atomic E-state index is 13.1. The number of hydrogen-bond donors (Lipinski definition) is 4. The molecular weight excluding hydrogens is 607 g/mol.